The average molecular weight is 331 g/mol. The van der Waals surface area contributed by atoms with Crippen molar-refractivity contribution in [3.8, 4) is 0 Å². The Morgan fingerprint density at radius 1 is 1.30 bits per heavy atom. The summed E-state index contributed by atoms with van der Waals surface area (Å²) in [5.74, 6) is -0.207. The van der Waals surface area contributed by atoms with Gasteiger partial charge in [0, 0.05) is 6.07 Å². The zero-order valence-corrected chi connectivity index (χ0v) is 13.0. The van der Waals surface area contributed by atoms with E-state index < -0.39 is 47.9 Å². The second kappa shape index (κ2) is 6.06. The number of hydrogen-bond acceptors (Lipinski definition) is 8. The van der Waals surface area contributed by atoms with Crippen LogP contribution in [-0.4, -0.2) is 60.5 Å². The molecule has 0 amide bonds. The van der Waals surface area contributed by atoms with Crippen molar-refractivity contribution in [3.05, 3.63) is 26.9 Å². The van der Waals surface area contributed by atoms with Crippen LogP contribution in [0.25, 0.3) is 0 Å². The molecule has 0 spiro atoms. The molecule has 0 aromatic carbocycles. The summed E-state index contributed by atoms with van der Waals surface area (Å²) in [6.07, 6.45) is -5.41. The molecule has 10 nitrogen and oxygen atoms in total. The van der Waals surface area contributed by atoms with Crippen LogP contribution in [0.3, 0.4) is 0 Å². The second-order valence-electron chi connectivity index (χ2n) is 6.38. The van der Waals surface area contributed by atoms with Gasteiger partial charge in [-0.25, -0.2) is 14.4 Å². The van der Waals surface area contributed by atoms with Crippen LogP contribution in [0.1, 0.15) is 27.0 Å². The lowest BCUT2D eigenvalue weighted by molar-refractivity contribution is -0.0556. The van der Waals surface area contributed by atoms with Crippen molar-refractivity contribution in [2.24, 2.45) is 0 Å². The molecule has 2 rings (SSSR count). The summed E-state index contributed by atoms with van der Waals surface area (Å²) in [5.41, 5.74) is -2.53. The molecule has 23 heavy (non-hydrogen) atoms. The summed E-state index contributed by atoms with van der Waals surface area (Å²) in [4.78, 5) is 25.7. The Bertz CT molecular complexity index is 677. The minimum Gasteiger partial charge on any atom is -0.394 e. The van der Waals surface area contributed by atoms with Gasteiger partial charge in [-0.3, -0.25) is 15.0 Å². The highest BCUT2D eigenvalue weighted by atomic mass is 16.6. The van der Waals surface area contributed by atoms with Gasteiger partial charge in [0.15, 0.2) is 6.23 Å². The van der Waals surface area contributed by atoms with Gasteiger partial charge in [0.25, 0.3) is 5.56 Å². The van der Waals surface area contributed by atoms with Crippen molar-refractivity contribution in [1.29, 1.82) is 0 Å². The summed E-state index contributed by atoms with van der Waals surface area (Å²) in [6.45, 7) is 4.35. The third-order valence-electron chi connectivity index (χ3n) is 3.58. The first kappa shape index (κ1) is 17.6. The highest BCUT2D eigenvalue weighted by Crippen LogP contribution is 2.31. The van der Waals surface area contributed by atoms with E-state index in [2.05, 4.69) is 0 Å². The third-order valence-corrected chi connectivity index (χ3v) is 3.58. The molecule has 1 aromatic heterocycles. The summed E-state index contributed by atoms with van der Waals surface area (Å²) in [7, 11) is 0. The Morgan fingerprint density at radius 2 is 1.91 bits per heavy atom. The Morgan fingerprint density at radius 3 is 2.39 bits per heavy atom. The summed E-state index contributed by atoms with van der Waals surface area (Å²) in [5, 5.41) is 40.0. The summed E-state index contributed by atoms with van der Waals surface area (Å²) >= 11 is 0. The Hall–Kier alpha value is -1.72. The number of aliphatic hydroxyl groups excluding tert-OH is 3. The molecule has 1 aliphatic rings. The molecule has 0 radical (unpaired) electrons. The molecule has 1 aromatic rings. The molecular weight excluding hydrogens is 310 g/mol. The van der Waals surface area contributed by atoms with Crippen molar-refractivity contribution in [2.75, 3.05) is 11.7 Å². The largest absolute Gasteiger partial charge is 0.394 e. The molecule has 0 bridgehead atoms. The molecule has 10 heteroatoms. The van der Waals surface area contributed by atoms with E-state index in [1.54, 1.807) is 20.8 Å². The second-order valence-corrected chi connectivity index (χ2v) is 6.38. The first-order valence-corrected chi connectivity index (χ1v) is 7.05. The lowest BCUT2D eigenvalue weighted by atomic mass is 10.1. The molecule has 1 saturated heterocycles. The number of rotatable bonds is 3. The van der Waals surface area contributed by atoms with Crippen LogP contribution in [0.15, 0.2) is 15.7 Å². The van der Waals surface area contributed by atoms with E-state index >= 15 is 0 Å². The number of aromatic amines is 1. The fraction of sp³-hybridized carbons (Fsp3) is 0.692. The topological polar surface area (TPSA) is 148 Å². The fourth-order valence-electron chi connectivity index (χ4n) is 2.34. The molecule has 0 unspecified atom stereocenters. The highest BCUT2D eigenvalue weighted by Gasteiger charge is 2.45. The summed E-state index contributed by atoms with van der Waals surface area (Å²) < 4.78 is 6.13. The van der Waals surface area contributed by atoms with Gasteiger partial charge in [0.2, 0.25) is 0 Å². The van der Waals surface area contributed by atoms with Gasteiger partial charge in [-0.1, -0.05) is 0 Å². The molecule has 1 fully saturated rings. The monoisotopic (exact) mass is 331 g/mol. The van der Waals surface area contributed by atoms with Gasteiger partial charge in [-0.15, -0.1) is 0 Å². The van der Waals surface area contributed by atoms with Crippen molar-refractivity contribution < 1.29 is 25.3 Å². The van der Waals surface area contributed by atoms with Crippen molar-refractivity contribution in [1.82, 2.24) is 9.55 Å². The van der Waals surface area contributed by atoms with Crippen LogP contribution < -0.4 is 16.3 Å². The molecule has 2 heterocycles. The predicted octanol–water partition coefficient (Wildman–Crippen LogP) is -1.86. The Kier molecular flexibility index (Phi) is 4.64. The zero-order valence-electron chi connectivity index (χ0n) is 13.0. The number of aromatic nitrogens is 2. The van der Waals surface area contributed by atoms with E-state index in [-0.39, 0.29) is 5.82 Å². The molecule has 130 valence electrons. The van der Waals surface area contributed by atoms with Gasteiger partial charge < -0.3 is 20.1 Å². The maximum Gasteiger partial charge on any atom is 0.332 e. The molecule has 1 aliphatic heterocycles. The van der Waals surface area contributed by atoms with E-state index in [4.69, 9.17) is 9.84 Å². The number of anilines is 1. The van der Waals surface area contributed by atoms with Crippen LogP contribution in [0, 0.1) is 0 Å². The lowest BCUT2D eigenvalue weighted by Gasteiger charge is -2.33. The minimum atomic E-state index is -1.53. The maximum atomic E-state index is 12.2. The van der Waals surface area contributed by atoms with E-state index in [1.807, 2.05) is 4.98 Å². The summed E-state index contributed by atoms with van der Waals surface area (Å²) in [6, 6.07) is 0.974. The van der Waals surface area contributed by atoms with Crippen LogP contribution in [0.5, 0.6) is 0 Å². The number of hydroxylamine groups is 1. The van der Waals surface area contributed by atoms with Gasteiger partial charge in [-0.05, 0) is 20.8 Å². The number of H-pyrrole nitrogens is 1. The van der Waals surface area contributed by atoms with Crippen molar-refractivity contribution in [3.63, 3.8) is 0 Å². The average Bonchev–Trinajstić information content (AvgIpc) is 2.72. The van der Waals surface area contributed by atoms with E-state index in [1.165, 1.54) is 0 Å². The maximum absolute atomic E-state index is 12.2. The zero-order chi connectivity index (χ0) is 17.5. The van der Waals surface area contributed by atoms with Gasteiger partial charge in [0.1, 0.15) is 24.1 Å². The van der Waals surface area contributed by atoms with Crippen LogP contribution >= 0.6 is 0 Å². The lowest BCUT2D eigenvalue weighted by Crippen LogP contribution is -2.46. The highest BCUT2D eigenvalue weighted by molar-refractivity contribution is 5.38. The van der Waals surface area contributed by atoms with Crippen molar-refractivity contribution in [2.45, 2.75) is 50.8 Å². The van der Waals surface area contributed by atoms with Gasteiger partial charge in [-0.2, -0.15) is 0 Å². The standard InChI is InChI=1S/C13H21N3O7/c1-13(2,3)16(22)8-4-7(18)14-12(21)15(8)11-10(20)9(19)6(5-17)23-11/h4,6,9-11,17,19-20,22H,5H2,1-3H3,(H,14,18,21)/t6-,9-,10-,11-/m1/s1. The quantitative estimate of drug-likeness (QED) is 0.405. The Labute approximate surface area is 131 Å². The van der Waals surface area contributed by atoms with Crippen LogP contribution in [0.2, 0.25) is 0 Å². The number of hydrogen-bond donors (Lipinski definition) is 5. The fourth-order valence-corrected chi connectivity index (χ4v) is 2.34. The molecule has 5 N–H and O–H groups in total. The predicted molar refractivity (Wildman–Crippen MR) is 78.4 cm³/mol. The molecule has 0 saturated carbocycles. The first-order chi connectivity index (χ1) is 10.6. The van der Waals surface area contributed by atoms with Crippen LogP contribution in [-0.2, 0) is 4.74 Å². The Balaban J connectivity index is 2.59. The van der Waals surface area contributed by atoms with Gasteiger partial charge >= 0.3 is 5.69 Å². The molecule has 4 atom stereocenters. The molecular formula is C13H21N3O7. The normalized spacial score (nSPS) is 28.1. The number of nitrogens with one attached hydrogen (secondary N) is 1. The van der Waals surface area contributed by atoms with Crippen molar-refractivity contribution >= 4 is 5.82 Å². The SMILES string of the molecule is CC(C)(C)N(O)c1cc(=O)[nH]c(=O)n1[C@@H]1O[C@H](CO)[C@@H](O)[C@H]1O. The third kappa shape index (κ3) is 3.16. The van der Waals surface area contributed by atoms with Crippen LogP contribution in [0.4, 0.5) is 5.82 Å². The number of aliphatic hydroxyl groups is 3. The number of nitrogens with zero attached hydrogens (tertiary/aromatic N) is 2. The number of ether oxygens (including phenoxy) is 1. The van der Waals surface area contributed by atoms with E-state index in [0.717, 1.165) is 10.6 Å². The van der Waals surface area contributed by atoms with E-state index in [0.29, 0.717) is 5.06 Å². The minimum absolute atomic E-state index is 0.207. The smallest absolute Gasteiger partial charge is 0.332 e. The van der Waals surface area contributed by atoms with E-state index in [9.17, 15) is 25.0 Å². The first-order valence-electron chi connectivity index (χ1n) is 7.05. The van der Waals surface area contributed by atoms with Gasteiger partial charge in [0.05, 0.1) is 12.1 Å². The molecule has 0 aliphatic carbocycles.